The fraction of sp³-hybridized carbons (Fsp3) is 0.517. The van der Waals surface area contributed by atoms with E-state index in [1.165, 1.54) is 5.69 Å². The SMILES string of the molecule is CCCC/N=c1\scc(CN2CCN(C(=O)CCS(=O)(=O)c3ccc4cc(Cl)ccc4c3)CC2)n1CCCC. The fourth-order valence-corrected chi connectivity index (χ4v) is 7.16. The van der Waals surface area contributed by atoms with Crippen molar-refractivity contribution in [2.24, 2.45) is 4.99 Å². The Bertz CT molecular complexity index is 1440. The number of amides is 1. The number of unbranched alkanes of at least 4 members (excludes halogenated alkanes) is 2. The molecule has 7 nitrogen and oxygen atoms in total. The number of halogens is 1. The van der Waals surface area contributed by atoms with Gasteiger partial charge < -0.3 is 9.47 Å². The normalized spacial score (nSPS) is 15.4. The molecule has 4 rings (SSSR count). The maximum Gasteiger partial charge on any atom is 0.223 e. The minimum atomic E-state index is -3.57. The van der Waals surface area contributed by atoms with Crippen LogP contribution in [-0.2, 0) is 27.7 Å². The number of nitrogens with zero attached hydrogens (tertiary/aromatic N) is 4. The molecular weight excluding hydrogens is 552 g/mol. The van der Waals surface area contributed by atoms with Gasteiger partial charge in [0.15, 0.2) is 14.6 Å². The molecule has 39 heavy (non-hydrogen) atoms. The Morgan fingerprint density at radius 3 is 2.46 bits per heavy atom. The van der Waals surface area contributed by atoms with E-state index in [4.69, 9.17) is 16.6 Å². The van der Waals surface area contributed by atoms with Gasteiger partial charge in [-0.15, -0.1) is 11.3 Å². The van der Waals surface area contributed by atoms with Gasteiger partial charge in [-0.05, 0) is 47.9 Å². The molecule has 10 heteroatoms. The first kappa shape index (κ1) is 29.8. The summed E-state index contributed by atoms with van der Waals surface area (Å²) in [6.07, 6.45) is 4.51. The molecular formula is C29H39ClN4O3S2. The third kappa shape index (κ3) is 7.93. The van der Waals surface area contributed by atoms with Crippen molar-refractivity contribution < 1.29 is 13.2 Å². The lowest BCUT2D eigenvalue weighted by molar-refractivity contribution is -0.132. The highest BCUT2D eigenvalue weighted by Gasteiger charge is 2.24. The summed E-state index contributed by atoms with van der Waals surface area (Å²) < 4.78 is 28.3. The van der Waals surface area contributed by atoms with E-state index < -0.39 is 9.84 Å². The summed E-state index contributed by atoms with van der Waals surface area (Å²) in [5.41, 5.74) is 1.28. The van der Waals surface area contributed by atoms with Crippen LogP contribution in [0.15, 0.2) is 51.7 Å². The summed E-state index contributed by atoms with van der Waals surface area (Å²) in [5, 5.41) is 4.53. The van der Waals surface area contributed by atoms with Crippen molar-refractivity contribution in [3.63, 3.8) is 0 Å². The molecule has 1 aliphatic rings. The van der Waals surface area contributed by atoms with Gasteiger partial charge in [-0.25, -0.2) is 8.42 Å². The molecule has 2 heterocycles. The Morgan fingerprint density at radius 2 is 1.72 bits per heavy atom. The van der Waals surface area contributed by atoms with Crippen LogP contribution in [0.3, 0.4) is 0 Å². The van der Waals surface area contributed by atoms with E-state index in [9.17, 15) is 13.2 Å². The summed E-state index contributed by atoms with van der Waals surface area (Å²) in [7, 11) is -3.57. The number of hydrogen-bond acceptors (Lipinski definition) is 6. The first-order valence-electron chi connectivity index (χ1n) is 13.9. The lowest BCUT2D eigenvalue weighted by Gasteiger charge is -2.34. The molecule has 1 aromatic heterocycles. The predicted octanol–water partition coefficient (Wildman–Crippen LogP) is 5.37. The Kier molecular flexibility index (Phi) is 10.6. The standard InChI is InChI=1S/C29H39ClN4O3S2/c1-3-5-12-31-29-34(13-6-4-2)26(22-38-29)21-32-14-16-33(17-15-32)28(35)11-18-39(36,37)27-10-8-23-19-25(30)9-7-24(23)20-27/h7-10,19-20,22H,3-6,11-18,21H2,1-2H3/b31-29-. The zero-order valence-corrected chi connectivity index (χ0v) is 25.3. The Morgan fingerprint density at radius 1 is 1.00 bits per heavy atom. The number of benzene rings is 2. The molecule has 1 aliphatic heterocycles. The van der Waals surface area contributed by atoms with Crippen molar-refractivity contribution >= 4 is 49.5 Å². The molecule has 0 atom stereocenters. The number of aromatic nitrogens is 1. The zero-order chi connectivity index (χ0) is 27.8. The van der Waals surface area contributed by atoms with Crippen LogP contribution in [0.4, 0.5) is 0 Å². The number of fused-ring (bicyclic) bond motifs is 1. The lowest BCUT2D eigenvalue weighted by Crippen LogP contribution is -2.48. The maximum absolute atomic E-state index is 13.0. The van der Waals surface area contributed by atoms with Crippen LogP contribution in [0.25, 0.3) is 10.8 Å². The van der Waals surface area contributed by atoms with E-state index in [2.05, 4.69) is 28.7 Å². The van der Waals surface area contributed by atoms with Crippen LogP contribution in [0, 0.1) is 0 Å². The van der Waals surface area contributed by atoms with E-state index in [1.807, 2.05) is 6.07 Å². The van der Waals surface area contributed by atoms with Gasteiger partial charge in [0.25, 0.3) is 0 Å². The second-order valence-electron chi connectivity index (χ2n) is 10.1. The second kappa shape index (κ2) is 13.9. The minimum Gasteiger partial charge on any atom is -0.340 e. The van der Waals surface area contributed by atoms with E-state index in [0.29, 0.717) is 18.1 Å². The van der Waals surface area contributed by atoms with E-state index in [0.717, 1.165) is 74.0 Å². The molecule has 0 saturated carbocycles. The quantitative estimate of drug-likeness (QED) is 0.266. The number of carbonyl (C=O) groups is 1. The summed E-state index contributed by atoms with van der Waals surface area (Å²) in [6, 6.07) is 10.4. The van der Waals surface area contributed by atoms with Crippen molar-refractivity contribution in [1.82, 2.24) is 14.4 Å². The predicted molar refractivity (Wildman–Crippen MR) is 160 cm³/mol. The van der Waals surface area contributed by atoms with Crippen LogP contribution >= 0.6 is 22.9 Å². The first-order valence-corrected chi connectivity index (χ1v) is 16.8. The van der Waals surface area contributed by atoms with E-state index >= 15 is 0 Å². The van der Waals surface area contributed by atoms with Gasteiger partial charge in [-0.2, -0.15) is 0 Å². The van der Waals surface area contributed by atoms with Gasteiger partial charge in [-0.1, -0.05) is 50.4 Å². The number of sulfone groups is 1. The molecule has 1 fully saturated rings. The van der Waals surface area contributed by atoms with Crippen LogP contribution in [-0.4, -0.2) is 67.2 Å². The van der Waals surface area contributed by atoms with Crippen molar-refractivity contribution in [2.45, 2.75) is 63.9 Å². The highest BCUT2D eigenvalue weighted by atomic mass is 35.5. The molecule has 1 saturated heterocycles. The summed E-state index contributed by atoms with van der Waals surface area (Å²) in [5.74, 6) is -0.293. The first-order chi connectivity index (χ1) is 18.8. The average molecular weight is 591 g/mol. The number of thiazole rings is 1. The van der Waals surface area contributed by atoms with Crippen LogP contribution in [0.1, 0.15) is 51.6 Å². The van der Waals surface area contributed by atoms with E-state index in [1.54, 1.807) is 46.6 Å². The number of rotatable bonds is 12. The highest BCUT2D eigenvalue weighted by Crippen LogP contribution is 2.23. The fourth-order valence-electron chi connectivity index (χ4n) is 4.77. The van der Waals surface area contributed by atoms with Gasteiger partial charge in [0.1, 0.15) is 0 Å². The van der Waals surface area contributed by atoms with Gasteiger partial charge in [0.2, 0.25) is 5.91 Å². The number of carbonyl (C=O) groups excluding carboxylic acids is 1. The minimum absolute atomic E-state index is 0.00877. The molecule has 0 bridgehead atoms. The van der Waals surface area contributed by atoms with Gasteiger partial charge in [0.05, 0.1) is 10.6 Å². The third-order valence-electron chi connectivity index (χ3n) is 7.20. The van der Waals surface area contributed by atoms with Crippen LogP contribution in [0.5, 0.6) is 0 Å². The zero-order valence-electron chi connectivity index (χ0n) is 22.9. The third-order valence-corrected chi connectivity index (χ3v) is 10.1. The van der Waals surface area contributed by atoms with Crippen LogP contribution in [0.2, 0.25) is 5.02 Å². The van der Waals surface area contributed by atoms with Crippen molar-refractivity contribution in [1.29, 1.82) is 0 Å². The average Bonchev–Trinajstić information content (AvgIpc) is 3.31. The lowest BCUT2D eigenvalue weighted by atomic mass is 10.1. The Hall–Kier alpha value is -2.20. The number of hydrogen-bond donors (Lipinski definition) is 0. The van der Waals surface area contributed by atoms with Gasteiger partial charge in [0, 0.05) is 68.3 Å². The molecule has 0 N–H and O–H groups in total. The second-order valence-corrected chi connectivity index (χ2v) is 13.5. The van der Waals surface area contributed by atoms with Crippen molar-refractivity contribution in [2.75, 3.05) is 38.5 Å². The maximum atomic E-state index is 13.0. The van der Waals surface area contributed by atoms with Gasteiger partial charge >= 0.3 is 0 Å². The van der Waals surface area contributed by atoms with E-state index in [-0.39, 0.29) is 23.0 Å². The highest BCUT2D eigenvalue weighted by molar-refractivity contribution is 7.91. The molecule has 0 unspecified atom stereocenters. The van der Waals surface area contributed by atoms with Crippen molar-refractivity contribution in [3.8, 4) is 0 Å². The summed E-state index contributed by atoms with van der Waals surface area (Å²) in [6.45, 7) is 9.87. The van der Waals surface area contributed by atoms with Gasteiger partial charge in [-0.3, -0.25) is 14.7 Å². The summed E-state index contributed by atoms with van der Waals surface area (Å²) >= 11 is 7.76. The molecule has 212 valence electrons. The Balaban J connectivity index is 1.31. The molecule has 0 spiro atoms. The molecule has 3 aromatic rings. The van der Waals surface area contributed by atoms with Crippen molar-refractivity contribution in [3.05, 3.63) is 57.3 Å². The number of piperazine rings is 1. The molecule has 2 aromatic carbocycles. The largest absolute Gasteiger partial charge is 0.340 e. The summed E-state index contributed by atoms with van der Waals surface area (Å²) in [4.78, 5) is 23.3. The molecule has 0 radical (unpaired) electrons. The molecule has 0 aliphatic carbocycles. The van der Waals surface area contributed by atoms with Crippen LogP contribution < -0.4 is 4.80 Å². The Labute approximate surface area is 241 Å². The molecule has 1 amide bonds. The smallest absolute Gasteiger partial charge is 0.223 e. The monoisotopic (exact) mass is 590 g/mol. The topological polar surface area (TPSA) is 75.0 Å².